The molecular formula is C16H21ClN2O2. The molecule has 114 valence electrons. The molecule has 0 fully saturated rings. The highest BCUT2D eigenvalue weighted by Crippen LogP contribution is 2.35. The first kappa shape index (κ1) is 16.0. The van der Waals surface area contributed by atoms with Crippen molar-refractivity contribution in [3.05, 3.63) is 28.4 Å². The number of halogens is 1. The van der Waals surface area contributed by atoms with Gasteiger partial charge in [0.1, 0.15) is 6.10 Å². The Morgan fingerprint density at radius 3 is 2.57 bits per heavy atom. The highest BCUT2D eigenvalue weighted by atomic mass is 35.5. The SMILES string of the molecule is C[C@H](O)C(=O)Cc1nn(C)c2c(C(C)(C)C)ccc(Cl)c12. The lowest BCUT2D eigenvalue weighted by molar-refractivity contribution is -0.125. The van der Waals surface area contributed by atoms with Crippen LogP contribution >= 0.6 is 11.6 Å². The van der Waals surface area contributed by atoms with Gasteiger partial charge in [-0.05, 0) is 24.0 Å². The monoisotopic (exact) mass is 308 g/mol. The summed E-state index contributed by atoms with van der Waals surface area (Å²) in [5.74, 6) is -0.257. The van der Waals surface area contributed by atoms with Crippen molar-refractivity contribution in [2.24, 2.45) is 7.05 Å². The van der Waals surface area contributed by atoms with Gasteiger partial charge in [-0.15, -0.1) is 0 Å². The van der Waals surface area contributed by atoms with Crippen LogP contribution in [0, 0.1) is 0 Å². The van der Waals surface area contributed by atoms with E-state index in [4.69, 9.17) is 11.6 Å². The van der Waals surface area contributed by atoms with Crippen molar-refractivity contribution in [3.8, 4) is 0 Å². The van der Waals surface area contributed by atoms with Crippen LogP contribution in [-0.2, 0) is 23.7 Å². The molecule has 1 aromatic carbocycles. The summed E-state index contributed by atoms with van der Waals surface area (Å²) in [6, 6.07) is 3.86. The molecule has 2 aromatic rings. The van der Waals surface area contributed by atoms with Crippen LogP contribution in [0.25, 0.3) is 10.9 Å². The van der Waals surface area contributed by atoms with E-state index in [1.807, 2.05) is 19.2 Å². The molecule has 1 heterocycles. The predicted octanol–water partition coefficient (Wildman–Crippen LogP) is 3.02. The first-order chi connectivity index (χ1) is 9.62. The molecule has 1 atom stereocenters. The maximum absolute atomic E-state index is 11.8. The molecule has 0 unspecified atom stereocenters. The van der Waals surface area contributed by atoms with Gasteiger partial charge >= 0.3 is 0 Å². The summed E-state index contributed by atoms with van der Waals surface area (Å²) in [6.45, 7) is 7.85. The first-order valence-corrected chi connectivity index (χ1v) is 7.36. The molecule has 0 saturated carbocycles. The minimum Gasteiger partial charge on any atom is -0.386 e. The molecule has 0 bridgehead atoms. The number of aliphatic hydroxyl groups excluding tert-OH is 1. The first-order valence-electron chi connectivity index (χ1n) is 6.98. The Hall–Kier alpha value is -1.39. The molecule has 0 saturated heterocycles. The third-order valence-corrected chi connectivity index (χ3v) is 3.94. The summed E-state index contributed by atoms with van der Waals surface area (Å²) in [6.07, 6.45) is -0.908. The second kappa shape index (κ2) is 5.43. The zero-order valence-electron chi connectivity index (χ0n) is 13.1. The Bertz CT molecular complexity index is 696. The van der Waals surface area contributed by atoms with Crippen LogP contribution in [-0.4, -0.2) is 26.8 Å². The Balaban J connectivity index is 2.69. The largest absolute Gasteiger partial charge is 0.386 e. The number of benzene rings is 1. The van der Waals surface area contributed by atoms with Crippen LogP contribution in [0.2, 0.25) is 5.02 Å². The maximum atomic E-state index is 11.8. The summed E-state index contributed by atoms with van der Waals surface area (Å²) in [4.78, 5) is 11.8. The number of aliphatic hydroxyl groups is 1. The summed E-state index contributed by atoms with van der Waals surface area (Å²) in [5, 5.41) is 15.2. The van der Waals surface area contributed by atoms with E-state index in [9.17, 15) is 9.90 Å². The van der Waals surface area contributed by atoms with E-state index in [-0.39, 0.29) is 17.6 Å². The lowest BCUT2D eigenvalue weighted by Crippen LogP contribution is -2.18. The van der Waals surface area contributed by atoms with Gasteiger partial charge in [0.05, 0.1) is 22.7 Å². The fourth-order valence-corrected chi connectivity index (χ4v) is 2.76. The molecule has 0 aliphatic rings. The van der Waals surface area contributed by atoms with Crippen molar-refractivity contribution in [1.82, 2.24) is 9.78 Å². The van der Waals surface area contributed by atoms with Gasteiger partial charge in [0.25, 0.3) is 0 Å². The van der Waals surface area contributed by atoms with Crippen molar-refractivity contribution in [2.75, 3.05) is 0 Å². The van der Waals surface area contributed by atoms with E-state index >= 15 is 0 Å². The van der Waals surface area contributed by atoms with Gasteiger partial charge in [0.2, 0.25) is 0 Å². The van der Waals surface area contributed by atoms with E-state index in [1.165, 1.54) is 6.92 Å². The summed E-state index contributed by atoms with van der Waals surface area (Å²) in [7, 11) is 1.85. The molecule has 5 heteroatoms. The van der Waals surface area contributed by atoms with Crippen molar-refractivity contribution in [3.63, 3.8) is 0 Å². The summed E-state index contributed by atoms with van der Waals surface area (Å²) >= 11 is 6.33. The highest BCUT2D eigenvalue weighted by molar-refractivity contribution is 6.35. The molecule has 2 rings (SSSR count). The number of ketones is 1. The van der Waals surface area contributed by atoms with E-state index in [0.717, 1.165) is 16.5 Å². The van der Waals surface area contributed by atoms with Crippen molar-refractivity contribution >= 4 is 28.3 Å². The molecule has 1 N–H and O–H groups in total. The van der Waals surface area contributed by atoms with E-state index in [2.05, 4.69) is 25.9 Å². The van der Waals surface area contributed by atoms with Gasteiger partial charge in [-0.1, -0.05) is 38.4 Å². The number of nitrogens with zero attached hydrogens (tertiary/aromatic N) is 2. The third kappa shape index (κ3) is 2.97. The topological polar surface area (TPSA) is 55.1 Å². The second-order valence-corrected chi connectivity index (χ2v) is 6.87. The number of hydrogen-bond donors (Lipinski definition) is 1. The normalized spacial score (nSPS) is 13.7. The molecule has 0 radical (unpaired) electrons. The fraction of sp³-hybridized carbons (Fsp3) is 0.500. The molecule has 0 spiro atoms. The minimum absolute atomic E-state index is 0.0534. The lowest BCUT2D eigenvalue weighted by atomic mass is 9.85. The van der Waals surface area contributed by atoms with Crippen molar-refractivity contribution < 1.29 is 9.90 Å². The van der Waals surface area contributed by atoms with E-state index in [0.29, 0.717) is 10.7 Å². The molecule has 0 aliphatic carbocycles. The number of carbonyl (C=O) groups excluding carboxylic acids is 1. The number of rotatable bonds is 3. The summed E-state index contributed by atoms with van der Waals surface area (Å²) < 4.78 is 1.77. The number of aryl methyl sites for hydroxylation is 1. The van der Waals surface area contributed by atoms with Gasteiger partial charge in [0, 0.05) is 12.4 Å². The molecule has 21 heavy (non-hydrogen) atoms. The Morgan fingerprint density at radius 2 is 2.05 bits per heavy atom. The average Bonchev–Trinajstić information content (AvgIpc) is 2.66. The Kier molecular flexibility index (Phi) is 4.13. The molecule has 1 aromatic heterocycles. The standard InChI is InChI=1S/C16H21ClN2O2/c1-9(20)13(21)8-12-14-11(17)7-6-10(16(2,3)4)15(14)19(5)18-12/h6-7,9,20H,8H2,1-5H3/t9-/m0/s1. The smallest absolute Gasteiger partial charge is 0.166 e. The quantitative estimate of drug-likeness (QED) is 0.948. The fourth-order valence-electron chi connectivity index (χ4n) is 2.50. The minimum atomic E-state index is -0.994. The third-order valence-electron chi connectivity index (χ3n) is 3.63. The van der Waals surface area contributed by atoms with Gasteiger partial charge in [-0.25, -0.2) is 0 Å². The van der Waals surface area contributed by atoms with Crippen LogP contribution in [0.5, 0.6) is 0 Å². The molecule has 0 amide bonds. The van der Waals surface area contributed by atoms with E-state index in [1.54, 1.807) is 4.68 Å². The van der Waals surface area contributed by atoms with Crippen LogP contribution in [0.4, 0.5) is 0 Å². The van der Waals surface area contributed by atoms with Crippen LogP contribution in [0.15, 0.2) is 12.1 Å². The average molecular weight is 309 g/mol. The van der Waals surface area contributed by atoms with Gasteiger partial charge in [0.15, 0.2) is 5.78 Å². The van der Waals surface area contributed by atoms with Crippen LogP contribution < -0.4 is 0 Å². The number of Topliss-reactive ketones (excluding diaryl/α,β-unsaturated/α-hetero) is 1. The zero-order chi connectivity index (χ0) is 15.9. The molecular weight excluding hydrogens is 288 g/mol. The van der Waals surface area contributed by atoms with E-state index < -0.39 is 6.10 Å². The molecule has 0 aliphatic heterocycles. The second-order valence-electron chi connectivity index (χ2n) is 6.46. The number of hydrogen-bond acceptors (Lipinski definition) is 3. The van der Waals surface area contributed by atoms with Gasteiger partial charge < -0.3 is 5.11 Å². The number of carbonyl (C=O) groups is 1. The van der Waals surface area contributed by atoms with Crippen LogP contribution in [0.3, 0.4) is 0 Å². The summed E-state index contributed by atoms with van der Waals surface area (Å²) in [5.41, 5.74) is 2.65. The van der Waals surface area contributed by atoms with Crippen LogP contribution in [0.1, 0.15) is 39.0 Å². The number of aromatic nitrogens is 2. The van der Waals surface area contributed by atoms with Crippen molar-refractivity contribution in [1.29, 1.82) is 0 Å². The molecule has 4 nitrogen and oxygen atoms in total. The van der Waals surface area contributed by atoms with Gasteiger partial charge in [-0.3, -0.25) is 9.48 Å². The zero-order valence-corrected chi connectivity index (χ0v) is 13.8. The van der Waals surface area contributed by atoms with Gasteiger partial charge in [-0.2, -0.15) is 5.10 Å². The van der Waals surface area contributed by atoms with Crippen molar-refractivity contribution in [2.45, 2.75) is 45.6 Å². The predicted molar refractivity (Wildman–Crippen MR) is 84.8 cm³/mol. The Morgan fingerprint density at radius 1 is 1.43 bits per heavy atom. The highest BCUT2D eigenvalue weighted by Gasteiger charge is 2.24. The number of fused-ring (bicyclic) bond motifs is 1. The lowest BCUT2D eigenvalue weighted by Gasteiger charge is -2.21. The maximum Gasteiger partial charge on any atom is 0.166 e. The Labute approximate surface area is 129 Å².